The second-order valence-corrected chi connectivity index (χ2v) is 5.48. The van der Waals surface area contributed by atoms with Crippen LogP contribution in [0.2, 0.25) is 0 Å². The molecule has 2 nitrogen and oxygen atoms in total. The summed E-state index contributed by atoms with van der Waals surface area (Å²) in [5.41, 5.74) is 0. The molecule has 3 heteroatoms. The smallest absolute Gasteiger partial charge is 0.226 e. The molecule has 1 aliphatic heterocycles. The Bertz CT molecular complexity index is 219. The first-order valence-electron chi connectivity index (χ1n) is 5.15. The van der Waals surface area contributed by atoms with Crippen LogP contribution in [0, 0.1) is 11.8 Å². The van der Waals surface area contributed by atoms with Crippen molar-refractivity contribution in [3.8, 4) is 0 Å². The Hall–Kier alpha value is -0.0500. The van der Waals surface area contributed by atoms with Gasteiger partial charge in [-0.2, -0.15) is 0 Å². The Morgan fingerprint density at radius 3 is 2.85 bits per heavy atom. The zero-order chi connectivity index (χ0) is 9.42. The van der Waals surface area contributed by atoms with Gasteiger partial charge in [-0.25, -0.2) is 0 Å². The Morgan fingerprint density at radius 2 is 2.38 bits per heavy atom. The minimum absolute atomic E-state index is 0.378. The Morgan fingerprint density at radius 1 is 1.62 bits per heavy atom. The Kier molecular flexibility index (Phi) is 2.63. The minimum Gasteiger partial charge on any atom is -0.341 e. The summed E-state index contributed by atoms with van der Waals surface area (Å²) in [5, 5.41) is 0. The molecule has 1 saturated carbocycles. The predicted octanol–water partition coefficient (Wildman–Crippen LogP) is 2.03. The van der Waals surface area contributed by atoms with Crippen LogP contribution in [0.15, 0.2) is 0 Å². The average Bonchev–Trinajstić information content (AvgIpc) is 2.80. The lowest BCUT2D eigenvalue weighted by atomic mass is 10.2. The number of nitrogens with zero attached hydrogens (tertiary/aromatic N) is 1. The fraction of sp³-hybridized carbons (Fsp3) is 0.900. The highest BCUT2D eigenvalue weighted by Gasteiger charge is 2.44. The molecule has 0 spiro atoms. The second kappa shape index (κ2) is 3.60. The molecule has 74 valence electrons. The number of likely N-dealkylation sites (tertiary alicyclic amines) is 1. The van der Waals surface area contributed by atoms with E-state index in [0.717, 1.165) is 25.9 Å². The van der Waals surface area contributed by atoms with Gasteiger partial charge in [-0.3, -0.25) is 4.79 Å². The lowest BCUT2D eigenvalue weighted by molar-refractivity contribution is -0.131. The van der Waals surface area contributed by atoms with Gasteiger partial charge < -0.3 is 4.90 Å². The highest BCUT2D eigenvalue weighted by molar-refractivity contribution is 9.09. The topological polar surface area (TPSA) is 20.3 Å². The molecule has 2 rings (SSSR count). The summed E-state index contributed by atoms with van der Waals surface area (Å²) < 4.78 is 0. The van der Waals surface area contributed by atoms with Crippen LogP contribution in [-0.4, -0.2) is 28.7 Å². The monoisotopic (exact) mass is 245 g/mol. The lowest BCUT2D eigenvalue weighted by Crippen LogP contribution is -2.30. The maximum Gasteiger partial charge on any atom is 0.226 e. The maximum atomic E-state index is 11.8. The van der Waals surface area contributed by atoms with Gasteiger partial charge in [0, 0.05) is 23.8 Å². The number of amides is 1. The molecule has 3 atom stereocenters. The zero-order valence-electron chi connectivity index (χ0n) is 8.00. The molecule has 1 saturated heterocycles. The molecule has 0 radical (unpaired) electrons. The molecule has 2 fully saturated rings. The van der Waals surface area contributed by atoms with Crippen molar-refractivity contribution in [1.82, 2.24) is 4.90 Å². The first-order valence-corrected chi connectivity index (χ1v) is 6.06. The van der Waals surface area contributed by atoms with Crippen molar-refractivity contribution in [2.45, 2.75) is 31.0 Å². The Labute approximate surface area is 87.8 Å². The summed E-state index contributed by atoms with van der Waals surface area (Å²) >= 11 is 3.55. The average molecular weight is 246 g/mol. The molecule has 0 bridgehead atoms. The van der Waals surface area contributed by atoms with Crippen molar-refractivity contribution in [2.24, 2.45) is 11.8 Å². The molecule has 1 amide bonds. The van der Waals surface area contributed by atoms with Gasteiger partial charge in [-0.1, -0.05) is 29.3 Å². The van der Waals surface area contributed by atoms with Gasteiger partial charge in [-0.05, 0) is 18.8 Å². The van der Waals surface area contributed by atoms with Crippen molar-refractivity contribution in [3.05, 3.63) is 0 Å². The van der Waals surface area contributed by atoms with Gasteiger partial charge in [0.15, 0.2) is 0 Å². The first-order chi connectivity index (χ1) is 6.22. The van der Waals surface area contributed by atoms with E-state index in [2.05, 4.69) is 22.9 Å². The fourth-order valence-corrected chi connectivity index (χ4v) is 2.71. The van der Waals surface area contributed by atoms with Gasteiger partial charge in [-0.15, -0.1) is 0 Å². The highest BCUT2D eigenvalue weighted by atomic mass is 79.9. The molecule has 0 N–H and O–H groups in total. The van der Waals surface area contributed by atoms with E-state index in [9.17, 15) is 4.79 Å². The largest absolute Gasteiger partial charge is 0.341 e. The molecule has 1 heterocycles. The first kappa shape index (κ1) is 9.50. The molecule has 0 aromatic heterocycles. The van der Waals surface area contributed by atoms with Gasteiger partial charge >= 0.3 is 0 Å². The van der Waals surface area contributed by atoms with Gasteiger partial charge in [0.25, 0.3) is 0 Å². The van der Waals surface area contributed by atoms with Crippen LogP contribution >= 0.6 is 15.9 Å². The number of alkyl halides is 1. The summed E-state index contributed by atoms with van der Waals surface area (Å²) in [7, 11) is 0. The summed E-state index contributed by atoms with van der Waals surface area (Å²) in [5.74, 6) is 1.48. The summed E-state index contributed by atoms with van der Waals surface area (Å²) in [4.78, 5) is 14.4. The van der Waals surface area contributed by atoms with Crippen molar-refractivity contribution >= 4 is 21.8 Å². The standard InChI is InChI=1S/C10H16BrNO/c1-2-7-5-9(7)10(13)12-4-3-8(11)6-12/h7-9H,2-6H2,1H3. The van der Waals surface area contributed by atoms with Crippen LogP contribution in [-0.2, 0) is 4.79 Å². The van der Waals surface area contributed by atoms with Gasteiger partial charge in [0.1, 0.15) is 0 Å². The van der Waals surface area contributed by atoms with Gasteiger partial charge in [0.05, 0.1) is 0 Å². The van der Waals surface area contributed by atoms with Crippen LogP contribution in [0.3, 0.4) is 0 Å². The van der Waals surface area contributed by atoms with E-state index in [-0.39, 0.29) is 0 Å². The number of carbonyl (C=O) groups excluding carboxylic acids is 1. The van der Waals surface area contributed by atoms with E-state index < -0.39 is 0 Å². The van der Waals surface area contributed by atoms with Crippen molar-refractivity contribution in [3.63, 3.8) is 0 Å². The van der Waals surface area contributed by atoms with E-state index in [1.165, 1.54) is 6.42 Å². The van der Waals surface area contributed by atoms with Crippen molar-refractivity contribution in [2.75, 3.05) is 13.1 Å². The van der Waals surface area contributed by atoms with Crippen molar-refractivity contribution < 1.29 is 4.79 Å². The molecule has 3 unspecified atom stereocenters. The molecule has 1 aliphatic carbocycles. The summed E-state index contributed by atoms with van der Waals surface area (Å²) in [6.07, 6.45) is 3.43. The van der Waals surface area contributed by atoms with E-state index in [0.29, 0.717) is 22.6 Å². The summed E-state index contributed by atoms with van der Waals surface area (Å²) in [6, 6.07) is 0. The Balaban J connectivity index is 1.85. The van der Waals surface area contributed by atoms with Crippen LogP contribution in [0.4, 0.5) is 0 Å². The SMILES string of the molecule is CCC1CC1C(=O)N1CCC(Br)C1. The second-order valence-electron chi connectivity index (χ2n) is 4.18. The van der Waals surface area contributed by atoms with E-state index in [1.54, 1.807) is 0 Å². The summed E-state index contributed by atoms with van der Waals surface area (Å²) in [6.45, 7) is 4.06. The number of hydrogen-bond donors (Lipinski definition) is 0. The normalized spacial score (nSPS) is 38.0. The van der Waals surface area contributed by atoms with Crippen LogP contribution in [0.1, 0.15) is 26.2 Å². The fourth-order valence-electron chi connectivity index (χ4n) is 2.15. The predicted molar refractivity (Wildman–Crippen MR) is 55.8 cm³/mol. The molecule has 13 heavy (non-hydrogen) atoms. The molecular formula is C10H16BrNO. The van der Waals surface area contributed by atoms with E-state index in [4.69, 9.17) is 0 Å². The third-order valence-electron chi connectivity index (χ3n) is 3.21. The number of carbonyl (C=O) groups is 1. The van der Waals surface area contributed by atoms with E-state index in [1.807, 2.05) is 4.90 Å². The van der Waals surface area contributed by atoms with Crippen LogP contribution in [0.25, 0.3) is 0 Å². The van der Waals surface area contributed by atoms with E-state index >= 15 is 0 Å². The molecule has 2 aliphatic rings. The molecular weight excluding hydrogens is 230 g/mol. The number of halogens is 1. The van der Waals surface area contributed by atoms with Crippen LogP contribution < -0.4 is 0 Å². The maximum absolute atomic E-state index is 11.8. The quantitative estimate of drug-likeness (QED) is 0.683. The highest BCUT2D eigenvalue weighted by Crippen LogP contribution is 2.42. The lowest BCUT2D eigenvalue weighted by Gasteiger charge is -2.15. The third kappa shape index (κ3) is 1.90. The van der Waals surface area contributed by atoms with Crippen molar-refractivity contribution in [1.29, 1.82) is 0 Å². The zero-order valence-corrected chi connectivity index (χ0v) is 9.59. The molecule has 0 aromatic rings. The molecule has 0 aromatic carbocycles. The third-order valence-corrected chi connectivity index (χ3v) is 3.95. The van der Waals surface area contributed by atoms with Crippen LogP contribution in [0.5, 0.6) is 0 Å². The number of rotatable bonds is 2. The van der Waals surface area contributed by atoms with Gasteiger partial charge in [0.2, 0.25) is 5.91 Å². The number of hydrogen-bond acceptors (Lipinski definition) is 1. The minimum atomic E-state index is 0.378.